The van der Waals surface area contributed by atoms with Crippen molar-refractivity contribution < 1.29 is 4.74 Å². The summed E-state index contributed by atoms with van der Waals surface area (Å²) < 4.78 is 5.52. The summed E-state index contributed by atoms with van der Waals surface area (Å²) in [6, 6.07) is 11.3. The largest absolute Gasteiger partial charge is 0.370 e. The van der Waals surface area contributed by atoms with Gasteiger partial charge in [0.15, 0.2) is 0 Å². The lowest BCUT2D eigenvalue weighted by Gasteiger charge is -2.20. The number of hydrogen-bond acceptors (Lipinski definition) is 2. The number of fused-ring (bicyclic) bond motifs is 1. The van der Waals surface area contributed by atoms with Gasteiger partial charge in [-0.1, -0.05) is 30.3 Å². The second-order valence-corrected chi connectivity index (χ2v) is 4.59. The van der Waals surface area contributed by atoms with Crippen LogP contribution in [0, 0.1) is 0 Å². The summed E-state index contributed by atoms with van der Waals surface area (Å²) >= 11 is 0. The van der Waals surface area contributed by atoms with Gasteiger partial charge in [0.2, 0.25) is 0 Å². The molecule has 1 aromatic carbocycles. The molecule has 1 aliphatic heterocycles. The molecule has 80 valence electrons. The highest BCUT2D eigenvalue weighted by molar-refractivity contribution is 5.14. The molecular weight excluding hydrogens is 186 g/mol. The number of epoxide rings is 1. The second kappa shape index (κ2) is 3.95. The standard InChI is InChI=1S/C13H17NO/c1-2-4-10(5-3-1)9-14-11-6-7-12-13(8-11)15-12/h1-5,11-14H,6-9H2. The normalized spacial score (nSPS) is 33.5. The van der Waals surface area contributed by atoms with Crippen molar-refractivity contribution in [3.05, 3.63) is 35.9 Å². The van der Waals surface area contributed by atoms with Gasteiger partial charge in [-0.05, 0) is 24.8 Å². The van der Waals surface area contributed by atoms with Gasteiger partial charge in [-0.25, -0.2) is 0 Å². The van der Waals surface area contributed by atoms with E-state index in [4.69, 9.17) is 4.74 Å². The molecule has 0 aromatic heterocycles. The summed E-state index contributed by atoms with van der Waals surface area (Å²) in [5.41, 5.74) is 1.37. The van der Waals surface area contributed by atoms with Crippen LogP contribution in [-0.4, -0.2) is 18.2 Å². The maximum absolute atomic E-state index is 5.52. The fraction of sp³-hybridized carbons (Fsp3) is 0.538. The maximum Gasteiger partial charge on any atom is 0.0856 e. The van der Waals surface area contributed by atoms with Crippen molar-refractivity contribution in [1.29, 1.82) is 0 Å². The number of rotatable bonds is 3. The third kappa shape index (κ3) is 2.21. The van der Waals surface area contributed by atoms with Crippen molar-refractivity contribution in [3.8, 4) is 0 Å². The minimum Gasteiger partial charge on any atom is -0.370 e. The smallest absolute Gasteiger partial charge is 0.0856 e. The molecule has 1 heterocycles. The molecule has 2 nitrogen and oxygen atoms in total. The van der Waals surface area contributed by atoms with E-state index in [1.165, 1.54) is 24.8 Å². The molecule has 0 spiro atoms. The van der Waals surface area contributed by atoms with Crippen LogP contribution < -0.4 is 5.32 Å². The van der Waals surface area contributed by atoms with E-state index >= 15 is 0 Å². The van der Waals surface area contributed by atoms with E-state index in [0.29, 0.717) is 18.2 Å². The predicted octanol–water partition coefficient (Wildman–Crippen LogP) is 2.10. The van der Waals surface area contributed by atoms with Crippen LogP contribution in [-0.2, 0) is 11.3 Å². The molecule has 1 saturated carbocycles. The van der Waals surface area contributed by atoms with Crippen LogP contribution in [0.2, 0.25) is 0 Å². The minimum atomic E-state index is 0.576. The molecule has 2 fully saturated rings. The average molecular weight is 203 g/mol. The van der Waals surface area contributed by atoms with Crippen LogP contribution in [0.15, 0.2) is 30.3 Å². The Bertz CT molecular complexity index is 325. The zero-order valence-electron chi connectivity index (χ0n) is 8.86. The molecule has 15 heavy (non-hydrogen) atoms. The van der Waals surface area contributed by atoms with Crippen LogP contribution >= 0.6 is 0 Å². The number of benzene rings is 1. The molecule has 1 saturated heterocycles. The first-order valence-electron chi connectivity index (χ1n) is 5.84. The highest BCUT2D eigenvalue weighted by Crippen LogP contribution is 2.36. The summed E-state index contributed by atoms with van der Waals surface area (Å²) in [5, 5.41) is 3.61. The summed E-state index contributed by atoms with van der Waals surface area (Å²) in [7, 11) is 0. The van der Waals surface area contributed by atoms with Gasteiger partial charge in [0.25, 0.3) is 0 Å². The molecule has 3 unspecified atom stereocenters. The Morgan fingerprint density at radius 2 is 2.00 bits per heavy atom. The number of ether oxygens (including phenoxy) is 1. The van der Waals surface area contributed by atoms with Gasteiger partial charge in [-0.3, -0.25) is 0 Å². The van der Waals surface area contributed by atoms with Gasteiger partial charge < -0.3 is 10.1 Å². The molecule has 1 aromatic rings. The first-order chi connectivity index (χ1) is 7.42. The van der Waals surface area contributed by atoms with E-state index in [1.54, 1.807) is 0 Å². The van der Waals surface area contributed by atoms with Crippen LogP contribution in [0.5, 0.6) is 0 Å². The van der Waals surface area contributed by atoms with E-state index in [-0.39, 0.29) is 0 Å². The second-order valence-electron chi connectivity index (χ2n) is 4.59. The van der Waals surface area contributed by atoms with Gasteiger partial charge >= 0.3 is 0 Å². The fourth-order valence-electron chi connectivity index (χ4n) is 2.45. The van der Waals surface area contributed by atoms with E-state index in [2.05, 4.69) is 35.6 Å². The molecule has 0 bridgehead atoms. The Kier molecular flexibility index (Phi) is 2.47. The average Bonchev–Trinajstić information content (AvgIpc) is 3.06. The van der Waals surface area contributed by atoms with E-state index in [9.17, 15) is 0 Å². The lowest BCUT2D eigenvalue weighted by molar-refractivity contribution is 0.365. The topological polar surface area (TPSA) is 24.6 Å². The molecule has 3 atom stereocenters. The number of hydrogen-bond donors (Lipinski definition) is 1. The van der Waals surface area contributed by atoms with Gasteiger partial charge in [0.05, 0.1) is 12.2 Å². The molecule has 0 radical (unpaired) electrons. The van der Waals surface area contributed by atoms with Crippen molar-refractivity contribution >= 4 is 0 Å². The van der Waals surface area contributed by atoms with E-state index in [0.717, 1.165) is 6.54 Å². The van der Waals surface area contributed by atoms with Crippen molar-refractivity contribution in [2.24, 2.45) is 0 Å². The molecule has 1 N–H and O–H groups in total. The first-order valence-corrected chi connectivity index (χ1v) is 5.84. The first kappa shape index (κ1) is 9.37. The molecular formula is C13H17NO. The Hall–Kier alpha value is -0.860. The molecule has 2 heteroatoms. The Morgan fingerprint density at radius 3 is 2.80 bits per heavy atom. The molecule has 2 aliphatic rings. The SMILES string of the molecule is c1ccc(CNC2CCC3OC3C2)cc1. The Morgan fingerprint density at radius 1 is 1.13 bits per heavy atom. The van der Waals surface area contributed by atoms with Crippen LogP contribution in [0.4, 0.5) is 0 Å². The number of nitrogens with one attached hydrogen (secondary N) is 1. The van der Waals surface area contributed by atoms with E-state index < -0.39 is 0 Å². The summed E-state index contributed by atoms with van der Waals surface area (Å²) in [6.07, 6.45) is 4.91. The van der Waals surface area contributed by atoms with Crippen molar-refractivity contribution in [2.45, 2.75) is 44.1 Å². The van der Waals surface area contributed by atoms with Crippen molar-refractivity contribution in [3.63, 3.8) is 0 Å². The third-order valence-electron chi connectivity index (χ3n) is 3.44. The van der Waals surface area contributed by atoms with Gasteiger partial charge in [0.1, 0.15) is 0 Å². The highest BCUT2D eigenvalue weighted by atomic mass is 16.6. The Labute approximate surface area is 90.6 Å². The fourth-order valence-corrected chi connectivity index (χ4v) is 2.45. The lowest BCUT2D eigenvalue weighted by atomic mass is 9.95. The molecule has 3 rings (SSSR count). The summed E-state index contributed by atoms with van der Waals surface area (Å²) in [4.78, 5) is 0. The van der Waals surface area contributed by atoms with Crippen LogP contribution in [0.3, 0.4) is 0 Å². The summed E-state index contributed by atoms with van der Waals surface area (Å²) in [6.45, 7) is 0.989. The summed E-state index contributed by atoms with van der Waals surface area (Å²) in [5.74, 6) is 0. The molecule has 1 aliphatic carbocycles. The van der Waals surface area contributed by atoms with Crippen molar-refractivity contribution in [1.82, 2.24) is 5.32 Å². The van der Waals surface area contributed by atoms with Gasteiger partial charge in [-0.15, -0.1) is 0 Å². The third-order valence-corrected chi connectivity index (χ3v) is 3.44. The zero-order chi connectivity index (χ0) is 10.1. The lowest BCUT2D eigenvalue weighted by Crippen LogP contribution is -2.33. The Balaban J connectivity index is 1.49. The van der Waals surface area contributed by atoms with Gasteiger partial charge in [-0.2, -0.15) is 0 Å². The van der Waals surface area contributed by atoms with Crippen molar-refractivity contribution in [2.75, 3.05) is 0 Å². The van der Waals surface area contributed by atoms with E-state index in [1.807, 2.05) is 0 Å². The quantitative estimate of drug-likeness (QED) is 0.761. The molecule has 0 amide bonds. The maximum atomic E-state index is 5.52. The van der Waals surface area contributed by atoms with Crippen LogP contribution in [0.25, 0.3) is 0 Å². The minimum absolute atomic E-state index is 0.576. The monoisotopic (exact) mass is 203 g/mol. The zero-order valence-corrected chi connectivity index (χ0v) is 8.86. The highest BCUT2D eigenvalue weighted by Gasteiger charge is 2.43. The van der Waals surface area contributed by atoms with Gasteiger partial charge in [0, 0.05) is 12.6 Å². The van der Waals surface area contributed by atoms with Crippen LogP contribution in [0.1, 0.15) is 24.8 Å². The predicted molar refractivity (Wildman–Crippen MR) is 59.6 cm³/mol.